The van der Waals surface area contributed by atoms with E-state index in [9.17, 15) is 31.5 Å². The van der Waals surface area contributed by atoms with E-state index in [1.165, 1.54) is 24.4 Å². The third kappa shape index (κ3) is 4.35. The van der Waals surface area contributed by atoms with Gasteiger partial charge >= 0.3 is 6.18 Å². The first-order valence-electron chi connectivity index (χ1n) is 11.3. The first kappa shape index (κ1) is 25.3. The van der Waals surface area contributed by atoms with Gasteiger partial charge in [-0.05, 0) is 30.3 Å². The number of alkyl halides is 5. The molecule has 0 aliphatic heterocycles. The maximum Gasteiger partial charge on any atom is 0.417 e. The van der Waals surface area contributed by atoms with Crippen molar-refractivity contribution in [3.8, 4) is 0 Å². The fourth-order valence-corrected chi connectivity index (χ4v) is 4.22. The number of nitrogen functional groups attached to an aromatic ring is 1. The average Bonchev–Trinajstić information content (AvgIpc) is 3.32. The molecule has 1 atom stereocenters. The lowest BCUT2D eigenvalue weighted by Gasteiger charge is -2.32. The van der Waals surface area contributed by atoms with Gasteiger partial charge in [0.1, 0.15) is 11.7 Å². The zero-order valence-corrected chi connectivity index (χ0v) is 20.0. The van der Waals surface area contributed by atoms with Gasteiger partial charge in [-0.2, -0.15) is 18.3 Å². The first-order chi connectivity index (χ1) is 17.8. The Balaban J connectivity index is 1.54. The van der Waals surface area contributed by atoms with E-state index in [0.717, 1.165) is 29.2 Å². The molecule has 3 heterocycles. The number of nitrogens with two attached hydrogens (primary N) is 1. The second kappa shape index (κ2) is 8.60. The number of nitrogens with zero attached hydrogens (tertiary/aromatic N) is 6. The normalized spacial score (nSPS) is 16.6. The van der Waals surface area contributed by atoms with E-state index >= 15 is 0 Å². The van der Waals surface area contributed by atoms with Crippen LogP contribution in [0.15, 0.2) is 42.7 Å². The van der Waals surface area contributed by atoms with Gasteiger partial charge in [0.05, 0.1) is 40.4 Å². The van der Waals surface area contributed by atoms with Crippen molar-refractivity contribution < 1.29 is 31.5 Å². The maximum atomic E-state index is 13.7. The molecule has 198 valence electrons. The number of benzene rings is 1. The number of pyridine rings is 2. The number of hydrogen-bond acceptors (Lipinski definition) is 6. The summed E-state index contributed by atoms with van der Waals surface area (Å²) < 4.78 is 67.7. The molecule has 0 bridgehead atoms. The Labute approximate surface area is 211 Å². The van der Waals surface area contributed by atoms with E-state index in [2.05, 4.69) is 15.1 Å². The molecule has 38 heavy (non-hydrogen) atoms. The minimum absolute atomic E-state index is 0.0119. The molecule has 0 spiro atoms. The molecule has 2 N–H and O–H groups in total. The van der Waals surface area contributed by atoms with E-state index in [-0.39, 0.29) is 17.1 Å². The minimum Gasteiger partial charge on any atom is -0.383 e. The largest absolute Gasteiger partial charge is 0.417 e. The summed E-state index contributed by atoms with van der Waals surface area (Å²) in [5.41, 5.74) is 6.16. The van der Waals surface area contributed by atoms with Crippen LogP contribution >= 0.6 is 0 Å². The van der Waals surface area contributed by atoms with Gasteiger partial charge in [-0.3, -0.25) is 24.3 Å². The summed E-state index contributed by atoms with van der Waals surface area (Å²) in [6.45, 7) is -0.448. The van der Waals surface area contributed by atoms with Crippen LogP contribution in [0.1, 0.15) is 28.0 Å². The molecule has 2 amide bonds. The highest BCUT2D eigenvalue weighted by molar-refractivity contribution is 6.10. The van der Waals surface area contributed by atoms with Gasteiger partial charge in [0.15, 0.2) is 0 Å². The van der Waals surface area contributed by atoms with Crippen molar-refractivity contribution >= 4 is 39.4 Å². The van der Waals surface area contributed by atoms with Crippen LogP contribution in [-0.2, 0) is 24.6 Å². The SMILES string of the molecule is CN(C(=O)C1CC1(F)F)N(Cc1ccc(C(F)(F)F)cn1)C(=O)c1ccc2nc(N)c3cnn(C)c3c2c1. The lowest BCUT2D eigenvalue weighted by Crippen LogP contribution is -2.48. The van der Waals surface area contributed by atoms with Crippen LogP contribution in [-0.4, -0.2) is 54.6 Å². The Hall–Kier alpha value is -4.36. The molecular weight excluding hydrogens is 513 g/mol. The quantitative estimate of drug-likeness (QED) is 0.316. The predicted molar refractivity (Wildman–Crippen MR) is 125 cm³/mol. The molecule has 1 fully saturated rings. The van der Waals surface area contributed by atoms with Crippen molar-refractivity contribution in [1.29, 1.82) is 0 Å². The molecule has 1 aliphatic rings. The molecule has 5 rings (SSSR count). The van der Waals surface area contributed by atoms with Crippen molar-refractivity contribution in [1.82, 2.24) is 29.8 Å². The first-order valence-corrected chi connectivity index (χ1v) is 11.3. The summed E-state index contributed by atoms with van der Waals surface area (Å²) in [5.74, 6) is -6.31. The Morgan fingerprint density at radius 1 is 1.16 bits per heavy atom. The highest BCUT2D eigenvalue weighted by Crippen LogP contribution is 2.49. The average molecular weight is 533 g/mol. The predicted octanol–water partition coefficient (Wildman–Crippen LogP) is 3.79. The molecule has 1 aliphatic carbocycles. The molecule has 0 saturated heterocycles. The summed E-state index contributed by atoms with van der Waals surface area (Å²) in [7, 11) is 2.84. The van der Waals surface area contributed by atoms with E-state index in [0.29, 0.717) is 28.0 Å². The van der Waals surface area contributed by atoms with Crippen LogP contribution in [0, 0.1) is 5.92 Å². The van der Waals surface area contributed by atoms with Crippen molar-refractivity contribution in [2.24, 2.45) is 13.0 Å². The zero-order valence-electron chi connectivity index (χ0n) is 20.0. The second-order valence-corrected chi connectivity index (χ2v) is 9.04. The Morgan fingerprint density at radius 2 is 1.87 bits per heavy atom. The summed E-state index contributed by atoms with van der Waals surface area (Å²) in [6, 6.07) is 6.31. The minimum atomic E-state index is -4.62. The number of anilines is 1. The summed E-state index contributed by atoms with van der Waals surface area (Å²) in [4.78, 5) is 34.5. The summed E-state index contributed by atoms with van der Waals surface area (Å²) in [6.07, 6.45) is -3.15. The van der Waals surface area contributed by atoms with Gasteiger partial charge in [-0.1, -0.05) is 0 Å². The van der Waals surface area contributed by atoms with Crippen LogP contribution in [0.2, 0.25) is 0 Å². The molecule has 1 aromatic carbocycles. The fraction of sp³-hybridized carbons (Fsp3) is 0.292. The summed E-state index contributed by atoms with van der Waals surface area (Å²) in [5, 5.41) is 6.89. The monoisotopic (exact) mass is 533 g/mol. The topological polar surface area (TPSA) is 110 Å². The third-order valence-corrected chi connectivity index (χ3v) is 6.46. The van der Waals surface area contributed by atoms with Gasteiger partial charge in [0.2, 0.25) is 5.91 Å². The number of rotatable bonds is 4. The Morgan fingerprint density at radius 3 is 2.47 bits per heavy atom. The molecule has 14 heteroatoms. The lowest BCUT2D eigenvalue weighted by molar-refractivity contribution is -0.146. The van der Waals surface area contributed by atoms with E-state index < -0.39 is 48.4 Å². The Kier molecular flexibility index (Phi) is 5.72. The van der Waals surface area contributed by atoms with E-state index in [1.807, 2.05) is 0 Å². The maximum absolute atomic E-state index is 13.7. The van der Waals surface area contributed by atoms with Crippen LogP contribution in [0.4, 0.5) is 27.8 Å². The number of hydrogen-bond donors (Lipinski definition) is 1. The van der Waals surface area contributed by atoms with Crippen molar-refractivity contribution in [3.63, 3.8) is 0 Å². The highest BCUT2D eigenvalue weighted by atomic mass is 19.4. The fourth-order valence-electron chi connectivity index (χ4n) is 4.22. The standard InChI is InChI=1S/C24H20F5N7O2/c1-34-19-15-7-12(3-6-18(15)33-20(30)16(19)10-32-34)21(37)36(35(2)22(38)17-8-23(17,25)26)11-14-5-4-13(9-31-14)24(27,28)29/h3-7,9-10,17H,8,11H2,1-2H3,(H2,30,33). The van der Waals surface area contributed by atoms with Gasteiger partial charge in [0.25, 0.3) is 11.8 Å². The number of hydrazine groups is 1. The van der Waals surface area contributed by atoms with Crippen LogP contribution in [0.5, 0.6) is 0 Å². The number of aryl methyl sites for hydroxylation is 1. The van der Waals surface area contributed by atoms with Gasteiger partial charge in [-0.15, -0.1) is 0 Å². The van der Waals surface area contributed by atoms with Crippen LogP contribution < -0.4 is 5.73 Å². The number of aromatic nitrogens is 4. The molecule has 4 aromatic rings. The summed E-state index contributed by atoms with van der Waals surface area (Å²) >= 11 is 0. The van der Waals surface area contributed by atoms with E-state index in [4.69, 9.17) is 5.73 Å². The van der Waals surface area contributed by atoms with E-state index in [1.54, 1.807) is 11.7 Å². The molecule has 3 aromatic heterocycles. The highest BCUT2D eigenvalue weighted by Gasteiger charge is 2.62. The molecule has 0 radical (unpaired) electrons. The van der Waals surface area contributed by atoms with Gasteiger partial charge in [-0.25, -0.2) is 18.8 Å². The van der Waals surface area contributed by atoms with Crippen molar-refractivity contribution in [2.45, 2.75) is 25.1 Å². The van der Waals surface area contributed by atoms with Crippen molar-refractivity contribution in [3.05, 3.63) is 59.5 Å². The number of amides is 2. The smallest absolute Gasteiger partial charge is 0.383 e. The Bertz CT molecular complexity index is 1580. The molecular formula is C24H20F5N7O2. The van der Waals surface area contributed by atoms with Crippen LogP contribution in [0.3, 0.4) is 0 Å². The second-order valence-electron chi connectivity index (χ2n) is 9.04. The molecule has 1 unspecified atom stereocenters. The number of fused-ring (bicyclic) bond motifs is 3. The van der Waals surface area contributed by atoms with Crippen LogP contribution in [0.25, 0.3) is 21.8 Å². The van der Waals surface area contributed by atoms with Gasteiger partial charge < -0.3 is 5.73 Å². The number of carbonyl (C=O) groups excluding carboxylic acids is 2. The third-order valence-electron chi connectivity index (χ3n) is 6.46. The molecule has 1 saturated carbocycles. The van der Waals surface area contributed by atoms with Crippen molar-refractivity contribution in [2.75, 3.05) is 12.8 Å². The lowest BCUT2D eigenvalue weighted by atomic mass is 10.1. The van der Waals surface area contributed by atoms with Gasteiger partial charge in [0, 0.05) is 37.7 Å². The number of carbonyl (C=O) groups is 2. The number of halogens is 5. The zero-order chi connectivity index (χ0) is 27.6. The molecule has 9 nitrogen and oxygen atoms in total.